The van der Waals surface area contributed by atoms with E-state index in [4.69, 9.17) is 21.1 Å². The van der Waals surface area contributed by atoms with Crippen molar-refractivity contribution in [1.82, 2.24) is 9.97 Å². The number of carbonyl (C=O) groups excluding carboxylic acids is 1. The van der Waals surface area contributed by atoms with Crippen molar-refractivity contribution in [2.24, 2.45) is 0 Å². The Morgan fingerprint density at radius 2 is 1.93 bits per heavy atom. The van der Waals surface area contributed by atoms with Crippen LogP contribution in [0.3, 0.4) is 0 Å². The summed E-state index contributed by atoms with van der Waals surface area (Å²) in [5.74, 6) is -0.0694. The van der Waals surface area contributed by atoms with E-state index < -0.39 is 11.5 Å². The predicted molar refractivity (Wildman–Crippen MR) is 109 cm³/mol. The number of hydrogen-bond acceptors (Lipinski definition) is 4. The van der Waals surface area contributed by atoms with E-state index in [-0.39, 0.29) is 12.2 Å². The molecule has 2 N–H and O–H groups in total. The van der Waals surface area contributed by atoms with Crippen molar-refractivity contribution in [2.45, 2.75) is 6.92 Å². The van der Waals surface area contributed by atoms with E-state index >= 15 is 0 Å². The minimum Gasteiger partial charge on any atom is -0.497 e. The molecule has 0 aliphatic rings. The van der Waals surface area contributed by atoms with Crippen molar-refractivity contribution in [2.75, 3.05) is 13.7 Å². The quantitative estimate of drug-likeness (QED) is 0.497. The molecule has 0 unspecified atom stereocenters. The number of ether oxygens (including phenoxy) is 2. The second-order valence-corrected chi connectivity index (χ2v) is 6.66. The molecule has 6 nitrogen and oxygen atoms in total. The average Bonchev–Trinajstić information content (AvgIpc) is 3.04. The Balaban J connectivity index is 2.15. The number of nitrogens with one attached hydrogen (secondary N) is 2. The van der Waals surface area contributed by atoms with Crippen LogP contribution in [0, 0.1) is 0 Å². The molecule has 0 spiro atoms. The van der Waals surface area contributed by atoms with Gasteiger partial charge in [-0.2, -0.15) is 0 Å². The van der Waals surface area contributed by atoms with Crippen LogP contribution < -0.4 is 10.3 Å². The number of carbonyl (C=O) groups is 1. The van der Waals surface area contributed by atoms with E-state index in [2.05, 4.69) is 9.97 Å². The standard InChI is InChI=1S/C21H17ClN2O4/c1-3-28-21(26)17-16(11-5-4-6-13(9-11)27-2)19-18(24-20(17)25)14-10-12(22)7-8-15(14)23-19/h4-10,23H,3H2,1-2H3,(H,24,25). The van der Waals surface area contributed by atoms with Gasteiger partial charge in [-0.1, -0.05) is 23.7 Å². The number of esters is 1. The summed E-state index contributed by atoms with van der Waals surface area (Å²) < 4.78 is 10.5. The Morgan fingerprint density at radius 1 is 1.11 bits per heavy atom. The van der Waals surface area contributed by atoms with Gasteiger partial charge in [-0.25, -0.2) is 4.79 Å². The topological polar surface area (TPSA) is 84.2 Å². The summed E-state index contributed by atoms with van der Waals surface area (Å²) >= 11 is 6.14. The SMILES string of the molecule is CCOC(=O)c1c(-c2cccc(OC)c2)c2[nH]c3ccc(Cl)cc3c2[nH]c1=O. The minimum absolute atomic E-state index is 0.0553. The van der Waals surface area contributed by atoms with Crippen molar-refractivity contribution in [1.29, 1.82) is 0 Å². The van der Waals surface area contributed by atoms with Gasteiger partial charge in [0.1, 0.15) is 11.3 Å². The number of benzene rings is 2. The van der Waals surface area contributed by atoms with Crippen LogP contribution >= 0.6 is 11.6 Å². The van der Waals surface area contributed by atoms with Crippen molar-refractivity contribution in [3.8, 4) is 16.9 Å². The fourth-order valence-corrected chi connectivity index (χ4v) is 3.53. The zero-order chi connectivity index (χ0) is 19.8. The Morgan fingerprint density at radius 3 is 2.68 bits per heavy atom. The highest BCUT2D eigenvalue weighted by atomic mass is 35.5. The molecule has 28 heavy (non-hydrogen) atoms. The number of H-pyrrole nitrogens is 2. The second kappa shape index (κ2) is 7.05. The minimum atomic E-state index is -0.680. The van der Waals surface area contributed by atoms with Crippen LogP contribution in [0.2, 0.25) is 5.02 Å². The Bertz CT molecular complexity index is 1270. The molecule has 0 saturated heterocycles. The van der Waals surface area contributed by atoms with Gasteiger partial charge in [0, 0.05) is 21.5 Å². The third-order valence-electron chi connectivity index (χ3n) is 4.56. The van der Waals surface area contributed by atoms with E-state index in [0.717, 1.165) is 10.9 Å². The third kappa shape index (κ3) is 2.92. The highest BCUT2D eigenvalue weighted by Gasteiger charge is 2.24. The van der Waals surface area contributed by atoms with Crippen LogP contribution in [0.1, 0.15) is 17.3 Å². The van der Waals surface area contributed by atoms with Gasteiger partial charge < -0.3 is 19.4 Å². The Kier molecular flexibility index (Phi) is 4.57. The summed E-state index contributed by atoms with van der Waals surface area (Å²) in [5, 5.41) is 1.31. The van der Waals surface area contributed by atoms with Crippen LogP contribution in [0.4, 0.5) is 0 Å². The highest BCUT2D eigenvalue weighted by molar-refractivity contribution is 6.32. The van der Waals surface area contributed by atoms with Gasteiger partial charge in [-0.3, -0.25) is 4.79 Å². The maximum atomic E-state index is 12.9. The third-order valence-corrected chi connectivity index (χ3v) is 4.80. The van der Waals surface area contributed by atoms with Crippen molar-refractivity contribution in [3.63, 3.8) is 0 Å². The van der Waals surface area contributed by atoms with E-state index in [1.165, 1.54) is 0 Å². The van der Waals surface area contributed by atoms with E-state index in [1.54, 1.807) is 44.4 Å². The number of fused-ring (bicyclic) bond motifs is 3. The average molecular weight is 397 g/mol. The number of rotatable bonds is 4. The van der Waals surface area contributed by atoms with Gasteiger partial charge >= 0.3 is 5.97 Å². The van der Waals surface area contributed by atoms with Crippen LogP contribution in [-0.2, 0) is 4.74 Å². The first-order chi connectivity index (χ1) is 13.5. The molecule has 0 amide bonds. The maximum absolute atomic E-state index is 12.9. The lowest BCUT2D eigenvalue weighted by Crippen LogP contribution is -2.21. The van der Waals surface area contributed by atoms with Crippen molar-refractivity contribution >= 4 is 39.5 Å². The molecule has 2 heterocycles. The fourth-order valence-electron chi connectivity index (χ4n) is 3.36. The van der Waals surface area contributed by atoms with Gasteiger partial charge in [0.15, 0.2) is 0 Å². The molecule has 0 atom stereocenters. The van der Waals surface area contributed by atoms with Gasteiger partial charge in [0.05, 0.1) is 24.8 Å². The summed E-state index contributed by atoms with van der Waals surface area (Å²) in [5.41, 5.74) is 2.53. The molecule has 0 aliphatic heterocycles. The van der Waals surface area contributed by atoms with Crippen LogP contribution in [-0.4, -0.2) is 29.7 Å². The molecular formula is C21H17ClN2O4. The predicted octanol–water partition coefficient (Wildman–Crippen LogP) is 4.52. The molecule has 7 heteroatoms. The number of halogens is 1. The number of methoxy groups -OCH3 is 1. The molecule has 0 radical (unpaired) electrons. The number of pyridine rings is 1. The zero-order valence-electron chi connectivity index (χ0n) is 15.3. The summed E-state index contributed by atoms with van der Waals surface area (Å²) in [6.07, 6.45) is 0. The van der Waals surface area contributed by atoms with Gasteiger partial charge in [-0.15, -0.1) is 0 Å². The lowest BCUT2D eigenvalue weighted by Gasteiger charge is -2.11. The first-order valence-corrected chi connectivity index (χ1v) is 9.10. The van der Waals surface area contributed by atoms with Crippen LogP contribution in [0.25, 0.3) is 33.1 Å². The molecule has 0 bridgehead atoms. The smallest absolute Gasteiger partial charge is 0.344 e. The number of aromatic amines is 2. The van der Waals surface area contributed by atoms with Gasteiger partial charge in [0.25, 0.3) is 5.56 Å². The normalized spacial score (nSPS) is 11.1. The summed E-state index contributed by atoms with van der Waals surface area (Å²) in [6.45, 7) is 1.86. The maximum Gasteiger partial charge on any atom is 0.344 e. The molecule has 2 aromatic carbocycles. The summed E-state index contributed by atoms with van der Waals surface area (Å²) in [7, 11) is 1.56. The Hall–Kier alpha value is -3.25. The molecule has 0 fully saturated rings. The number of aromatic nitrogens is 2. The zero-order valence-corrected chi connectivity index (χ0v) is 16.0. The van der Waals surface area contributed by atoms with Crippen molar-refractivity contribution in [3.05, 3.63) is 63.4 Å². The fraction of sp³-hybridized carbons (Fsp3) is 0.143. The van der Waals surface area contributed by atoms with E-state index in [0.29, 0.717) is 32.9 Å². The molecule has 0 aliphatic carbocycles. The van der Waals surface area contributed by atoms with Crippen LogP contribution in [0.5, 0.6) is 5.75 Å². The molecule has 142 valence electrons. The summed E-state index contributed by atoms with van der Waals surface area (Å²) in [6, 6.07) is 12.5. The molecule has 2 aromatic heterocycles. The van der Waals surface area contributed by atoms with Crippen molar-refractivity contribution < 1.29 is 14.3 Å². The monoisotopic (exact) mass is 396 g/mol. The highest BCUT2D eigenvalue weighted by Crippen LogP contribution is 2.35. The second-order valence-electron chi connectivity index (χ2n) is 6.22. The Labute approximate surface area is 165 Å². The first-order valence-electron chi connectivity index (χ1n) is 8.72. The summed E-state index contributed by atoms with van der Waals surface area (Å²) in [4.78, 5) is 31.6. The largest absolute Gasteiger partial charge is 0.497 e. The van der Waals surface area contributed by atoms with E-state index in [9.17, 15) is 9.59 Å². The van der Waals surface area contributed by atoms with Gasteiger partial charge in [0.2, 0.25) is 0 Å². The molecule has 0 saturated carbocycles. The lowest BCUT2D eigenvalue weighted by molar-refractivity contribution is 0.0525. The number of hydrogen-bond donors (Lipinski definition) is 2. The molecular weight excluding hydrogens is 380 g/mol. The lowest BCUT2D eigenvalue weighted by atomic mass is 9.99. The van der Waals surface area contributed by atoms with Crippen LogP contribution in [0.15, 0.2) is 47.3 Å². The first kappa shape index (κ1) is 18.1. The van der Waals surface area contributed by atoms with E-state index in [1.807, 2.05) is 12.1 Å². The molecule has 4 aromatic rings. The molecule has 4 rings (SSSR count). The van der Waals surface area contributed by atoms with Gasteiger partial charge in [-0.05, 0) is 42.8 Å².